The fourth-order valence-electron chi connectivity index (χ4n) is 1.46. The Labute approximate surface area is 112 Å². The fourth-order valence-corrected chi connectivity index (χ4v) is 1.46. The molecule has 0 fully saturated rings. The normalized spacial score (nSPS) is 10.4. The van der Waals surface area contributed by atoms with Crippen LogP contribution >= 0.6 is 0 Å². The van der Waals surface area contributed by atoms with E-state index in [0.29, 0.717) is 31.9 Å². The number of carbonyl (C=O) groups is 1. The molecule has 3 N–H and O–H groups in total. The molecule has 0 aliphatic carbocycles. The van der Waals surface area contributed by atoms with Gasteiger partial charge < -0.3 is 15.8 Å². The molecule has 1 aromatic carbocycles. The Morgan fingerprint density at radius 2 is 2.26 bits per heavy atom. The molecule has 0 aliphatic heterocycles. The van der Waals surface area contributed by atoms with Crippen molar-refractivity contribution in [3.8, 4) is 0 Å². The Bertz CT molecular complexity index is 461. The predicted octanol–water partition coefficient (Wildman–Crippen LogP) is 1.61. The van der Waals surface area contributed by atoms with Crippen molar-refractivity contribution < 1.29 is 13.9 Å². The highest BCUT2D eigenvalue weighted by Crippen LogP contribution is 2.09. The Balaban J connectivity index is 2.33. The molecular weight excluding hydrogens is 247 g/mol. The number of amides is 1. The molecule has 104 valence electrons. The van der Waals surface area contributed by atoms with Crippen LogP contribution in [0.4, 0.5) is 4.39 Å². The first-order valence-electron chi connectivity index (χ1n) is 6.01. The van der Waals surface area contributed by atoms with E-state index in [0.717, 1.165) is 11.6 Å². The van der Waals surface area contributed by atoms with Crippen LogP contribution in [0.5, 0.6) is 0 Å². The summed E-state index contributed by atoms with van der Waals surface area (Å²) in [7, 11) is 0. The Kier molecular flexibility index (Phi) is 6.18. The van der Waals surface area contributed by atoms with Crippen molar-refractivity contribution in [3.63, 3.8) is 0 Å². The second-order valence-electron chi connectivity index (χ2n) is 4.36. The van der Waals surface area contributed by atoms with Gasteiger partial charge in [0, 0.05) is 24.2 Å². The van der Waals surface area contributed by atoms with Crippen LogP contribution in [0.1, 0.15) is 22.8 Å². The third-order valence-electron chi connectivity index (χ3n) is 2.42. The predicted molar refractivity (Wildman–Crippen MR) is 72.3 cm³/mol. The van der Waals surface area contributed by atoms with E-state index in [1.807, 2.05) is 6.92 Å². The number of primary amides is 1. The van der Waals surface area contributed by atoms with Crippen molar-refractivity contribution in [3.05, 3.63) is 47.3 Å². The van der Waals surface area contributed by atoms with Crippen molar-refractivity contribution in [1.29, 1.82) is 0 Å². The van der Waals surface area contributed by atoms with Crippen LogP contribution in [-0.2, 0) is 11.3 Å². The van der Waals surface area contributed by atoms with Gasteiger partial charge in [0.2, 0.25) is 5.91 Å². The smallest absolute Gasteiger partial charge is 0.248 e. The molecule has 0 radical (unpaired) electrons. The van der Waals surface area contributed by atoms with Gasteiger partial charge in [-0.15, -0.1) is 0 Å². The van der Waals surface area contributed by atoms with E-state index in [2.05, 4.69) is 11.9 Å². The summed E-state index contributed by atoms with van der Waals surface area (Å²) in [5.41, 5.74) is 6.70. The molecule has 0 heterocycles. The lowest BCUT2D eigenvalue weighted by molar-refractivity contribution is 0.1000. The van der Waals surface area contributed by atoms with Gasteiger partial charge in [0.1, 0.15) is 5.82 Å². The van der Waals surface area contributed by atoms with Crippen LogP contribution in [0.2, 0.25) is 0 Å². The molecule has 1 aromatic rings. The average Bonchev–Trinajstić information content (AvgIpc) is 2.34. The summed E-state index contributed by atoms with van der Waals surface area (Å²) in [5.74, 6) is -1.07. The number of rotatable bonds is 8. The van der Waals surface area contributed by atoms with E-state index >= 15 is 0 Å². The van der Waals surface area contributed by atoms with Gasteiger partial charge in [0.05, 0.1) is 13.2 Å². The lowest BCUT2D eigenvalue weighted by atomic mass is 10.1. The van der Waals surface area contributed by atoms with Crippen molar-refractivity contribution in [2.45, 2.75) is 13.5 Å². The number of carbonyl (C=O) groups excluding carboxylic acids is 1. The van der Waals surface area contributed by atoms with E-state index in [4.69, 9.17) is 10.5 Å². The second kappa shape index (κ2) is 7.66. The molecule has 1 rings (SSSR count). The van der Waals surface area contributed by atoms with Crippen molar-refractivity contribution in [1.82, 2.24) is 5.32 Å². The molecule has 0 unspecified atom stereocenters. The number of benzene rings is 1. The van der Waals surface area contributed by atoms with E-state index in [1.54, 1.807) is 6.07 Å². The minimum atomic E-state index is -0.633. The van der Waals surface area contributed by atoms with Gasteiger partial charge in [-0.25, -0.2) is 4.39 Å². The maximum Gasteiger partial charge on any atom is 0.248 e. The van der Waals surface area contributed by atoms with Gasteiger partial charge in [0.25, 0.3) is 0 Å². The van der Waals surface area contributed by atoms with Gasteiger partial charge in [0.15, 0.2) is 0 Å². The van der Waals surface area contributed by atoms with Crippen molar-refractivity contribution in [2.24, 2.45) is 5.73 Å². The lowest BCUT2D eigenvalue weighted by Gasteiger charge is -2.07. The molecule has 5 heteroatoms. The molecule has 4 nitrogen and oxygen atoms in total. The lowest BCUT2D eigenvalue weighted by Crippen LogP contribution is -2.20. The molecule has 1 amide bonds. The summed E-state index contributed by atoms with van der Waals surface area (Å²) in [6.07, 6.45) is 0. The van der Waals surface area contributed by atoms with Crippen LogP contribution in [0.3, 0.4) is 0 Å². The topological polar surface area (TPSA) is 64.3 Å². The SMILES string of the molecule is C=C(C)COCCNCc1ccc(C(N)=O)cc1F. The van der Waals surface area contributed by atoms with Crippen molar-refractivity contribution >= 4 is 5.91 Å². The summed E-state index contributed by atoms with van der Waals surface area (Å²) in [6, 6.07) is 4.22. The molecule has 0 saturated carbocycles. The minimum Gasteiger partial charge on any atom is -0.376 e. The summed E-state index contributed by atoms with van der Waals surface area (Å²) < 4.78 is 18.9. The summed E-state index contributed by atoms with van der Waals surface area (Å²) in [6.45, 7) is 7.67. The average molecular weight is 266 g/mol. The fraction of sp³-hybridized carbons (Fsp3) is 0.357. The standard InChI is InChI=1S/C14H19FN2O2/c1-10(2)9-19-6-5-17-8-12-4-3-11(14(16)18)7-13(12)15/h3-4,7,17H,1,5-6,8-9H2,2H3,(H2,16,18). The van der Waals surface area contributed by atoms with Crippen molar-refractivity contribution in [2.75, 3.05) is 19.8 Å². The summed E-state index contributed by atoms with van der Waals surface area (Å²) >= 11 is 0. The quantitative estimate of drug-likeness (QED) is 0.555. The van der Waals surface area contributed by atoms with Crippen LogP contribution in [-0.4, -0.2) is 25.7 Å². The zero-order valence-corrected chi connectivity index (χ0v) is 11.0. The number of nitrogens with two attached hydrogens (primary N) is 1. The van der Waals surface area contributed by atoms with Gasteiger partial charge in [-0.2, -0.15) is 0 Å². The number of ether oxygens (including phenoxy) is 1. The number of hydrogen-bond donors (Lipinski definition) is 2. The van der Waals surface area contributed by atoms with E-state index in [-0.39, 0.29) is 5.56 Å². The van der Waals surface area contributed by atoms with Gasteiger partial charge in [-0.1, -0.05) is 18.2 Å². The highest BCUT2D eigenvalue weighted by molar-refractivity contribution is 5.92. The van der Waals surface area contributed by atoms with Gasteiger partial charge >= 0.3 is 0 Å². The third-order valence-corrected chi connectivity index (χ3v) is 2.42. The molecular formula is C14H19FN2O2. The summed E-state index contributed by atoms with van der Waals surface area (Å²) in [4.78, 5) is 10.9. The highest BCUT2D eigenvalue weighted by Gasteiger charge is 2.06. The Morgan fingerprint density at radius 3 is 2.84 bits per heavy atom. The number of halogens is 1. The molecule has 0 saturated heterocycles. The van der Waals surface area contributed by atoms with Crippen LogP contribution < -0.4 is 11.1 Å². The summed E-state index contributed by atoms with van der Waals surface area (Å²) in [5, 5.41) is 3.05. The van der Waals surface area contributed by atoms with Gasteiger partial charge in [-0.05, 0) is 19.1 Å². The maximum absolute atomic E-state index is 13.6. The minimum absolute atomic E-state index is 0.172. The first-order chi connectivity index (χ1) is 9.00. The Morgan fingerprint density at radius 1 is 1.53 bits per heavy atom. The van der Waals surface area contributed by atoms with E-state index in [9.17, 15) is 9.18 Å². The molecule has 0 aliphatic rings. The van der Waals surface area contributed by atoms with Crippen LogP contribution in [0.25, 0.3) is 0 Å². The van der Waals surface area contributed by atoms with E-state index in [1.165, 1.54) is 6.07 Å². The molecule has 19 heavy (non-hydrogen) atoms. The third kappa shape index (κ3) is 5.63. The largest absolute Gasteiger partial charge is 0.376 e. The van der Waals surface area contributed by atoms with Gasteiger partial charge in [-0.3, -0.25) is 4.79 Å². The maximum atomic E-state index is 13.6. The van der Waals surface area contributed by atoms with Crippen LogP contribution in [0, 0.1) is 5.82 Å². The first-order valence-corrected chi connectivity index (χ1v) is 6.01. The first kappa shape index (κ1) is 15.3. The number of nitrogens with one attached hydrogen (secondary N) is 1. The number of hydrogen-bond acceptors (Lipinski definition) is 3. The van der Waals surface area contributed by atoms with Crippen LogP contribution in [0.15, 0.2) is 30.4 Å². The molecule has 0 spiro atoms. The molecule has 0 bridgehead atoms. The zero-order chi connectivity index (χ0) is 14.3. The van der Waals surface area contributed by atoms with E-state index < -0.39 is 11.7 Å². The zero-order valence-electron chi connectivity index (χ0n) is 11.0. The monoisotopic (exact) mass is 266 g/mol. The Hall–Kier alpha value is -1.72. The molecule has 0 aromatic heterocycles. The highest BCUT2D eigenvalue weighted by atomic mass is 19.1. The second-order valence-corrected chi connectivity index (χ2v) is 4.36. The molecule has 0 atom stereocenters.